The van der Waals surface area contributed by atoms with Gasteiger partial charge in [-0.25, -0.2) is 0 Å². The van der Waals surface area contributed by atoms with Crippen molar-refractivity contribution in [2.75, 3.05) is 13.1 Å². The summed E-state index contributed by atoms with van der Waals surface area (Å²) in [6.07, 6.45) is 2.86. The molecule has 1 aliphatic rings. The highest BCUT2D eigenvalue weighted by molar-refractivity contribution is 5.76. The number of amides is 1. The molecule has 8 heteroatoms. The number of rotatable bonds is 4. The molecule has 1 saturated heterocycles. The summed E-state index contributed by atoms with van der Waals surface area (Å²) in [7, 11) is 0. The molecule has 0 radical (unpaired) electrons. The molecule has 1 amide bonds. The first-order valence-electron chi connectivity index (χ1n) is 6.56. The van der Waals surface area contributed by atoms with Crippen LogP contribution in [0, 0.1) is 10.1 Å². The Morgan fingerprint density at radius 1 is 1.50 bits per heavy atom. The maximum Gasteiger partial charge on any atom is 0.306 e. The Bertz CT molecular complexity index is 491. The van der Waals surface area contributed by atoms with Gasteiger partial charge in [0.2, 0.25) is 5.91 Å². The van der Waals surface area contributed by atoms with Gasteiger partial charge < -0.3 is 9.64 Å². The summed E-state index contributed by atoms with van der Waals surface area (Å²) in [4.78, 5) is 23.9. The summed E-state index contributed by atoms with van der Waals surface area (Å²) in [5, 5.41) is 14.4. The minimum atomic E-state index is -0.503. The summed E-state index contributed by atoms with van der Waals surface area (Å²) in [5.41, 5.74) is -0.0638. The predicted molar refractivity (Wildman–Crippen MR) is 70.1 cm³/mol. The summed E-state index contributed by atoms with van der Waals surface area (Å²) in [5.74, 6) is 0.0187. The van der Waals surface area contributed by atoms with Gasteiger partial charge in [-0.05, 0) is 13.8 Å². The van der Waals surface area contributed by atoms with Crippen LogP contribution in [-0.2, 0) is 16.1 Å². The fourth-order valence-corrected chi connectivity index (χ4v) is 2.32. The molecule has 0 aromatic carbocycles. The number of morpholine rings is 1. The lowest BCUT2D eigenvalue weighted by Crippen LogP contribution is -2.48. The van der Waals surface area contributed by atoms with E-state index in [0.717, 1.165) is 0 Å². The largest absolute Gasteiger partial charge is 0.372 e. The van der Waals surface area contributed by atoms with E-state index in [1.807, 2.05) is 13.8 Å². The SMILES string of the molecule is C[C@@H]1CN(C(=O)CCn2cc([N+](=O)[O-])cn2)C[C@H](C)O1. The third kappa shape index (κ3) is 3.53. The van der Waals surface area contributed by atoms with Gasteiger partial charge in [-0.1, -0.05) is 0 Å². The minimum Gasteiger partial charge on any atom is -0.372 e. The molecule has 0 saturated carbocycles. The number of carbonyl (C=O) groups excluding carboxylic acids is 1. The van der Waals surface area contributed by atoms with Crippen molar-refractivity contribution in [3.8, 4) is 0 Å². The second-order valence-corrected chi connectivity index (χ2v) is 5.02. The van der Waals surface area contributed by atoms with Gasteiger partial charge in [0.25, 0.3) is 0 Å². The Balaban J connectivity index is 1.86. The van der Waals surface area contributed by atoms with Crippen LogP contribution in [0.4, 0.5) is 5.69 Å². The highest BCUT2D eigenvalue weighted by Gasteiger charge is 2.25. The monoisotopic (exact) mass is 282 g/mol. The zero-order valence-corrected chi connectivity index (χ0v) is 11.6. The van der Waals surface area contributed by atoms with E-state index in [-0.39, 0.29) is 30.2 Å². The molecule has 1 aromatic rings. The van der Waals surface area contributed by atoms with Crippen molar-refractivity contribution in [1.82, 2.24) is 14.7 Å². The van der Waals surface area contributed by atoms with Gasteiger partial charge in [-0.2, -0.15) is 5.10 Å². The Morgan fingerprint density at radius 2 is 2.15 bits per heavy atom. The molecule has 0 spiro atoms. The molecule has 20 heavy (non-hydrogen) atoms. The number of aryl methyl sites for hydroxylation is 1. The molecule has 1 aromatic heterocycles. The van der Waals surface area contributed by atoms with Crippen LogP contribution < -0.4 is 0 Å². The van der Waals surface area contributed by atoms with Crippen LogP contribution in [0.15, 0.2) is 12.4 Å². The molecule has 2 atom stereocenters. The number of carbonyl (C=O) groups is 1. The topological polar surface area (TPSA) is 90.5 Å². The Kier molecular flexibility index (Phi) is 4.33. The van der Waals surface area contributed by atoms with Crippen molar-refractivity contribution in [2.45, 2.75) is 39.0 Å². The van der Waals surface area contributed by atoms with Crippen LogP contribution in [0.3, 0.4) is 0 Å². The third-order valence-electron chi connectivity index (χ3n) is 3.16. The molecule has 1 aliphatic heterocycles. The van der Waals surface area contributed by atoms with Gasteiger partial charge in [0.05, 0.1) is 17.1 Å². The highest BCUT2D eigenvalue weighted by Crippen LogP contribution is 2.13. The maximum absolute atomic E-state index is 12.1. The third-order valence-corrected chi connectivity index (χ3v) is 3.16. The molecule has 0 N–H and O–H groups in total. The molecule has 2 rings (SSSR count). The molecule has 0 unspecified atom stereocenters. The van der Waals surface area contributed by atoms with Crippen molar-refractivity contribution in [3.63, 3.8) is 0 Å². The average Bonchev–Trinajstić information content (AvgIpc) is 2.83. The quantitative estimate of drug-likeness (QED) is 0.602. The summed E-state index contributed by atoms with van der Waals surface area (Å²) in [6.45, 7) is 5.39. The number of ether oxygens (including phenoxy) is 1. The van der Waals surface area contributed by atoms with Crippen LogP contribution >= 0.6 is 0 Å². The first-order chi connectivity index (χ1) is 9.45. The maximum atomic E-state index is 12.1. The molecular weight excluding hydrogens is 264 g/mol. The fraction of sp³-hybridized carbons (Fsp3) is 0.667. The van der Waals surface area contributed by atoms with E-state index in [9.17, 15) is 14.9 Å². The first-order valence-corrected chi connectivity index (χ1v) is 6.56. The number of aromatic nitrogens is 2. The van der Waals surface area contributed by atoms with Crippen molar-refractivity contribution in [2.24, 2.45) is 0 Å². The van der Waals surface area contributed by atoms with E-state index in [2.05, 4.69) is 5.10 Å². The van der Waals surface area contributed by atoms with Crippen LogP contribution in [0.2, 0.25) is 0 Å². The van der Waals surface area contributed by atoms with E-state index in [4.69, 9.17) is 4.74 Å². The number of hydrogen-bond donors (Lipinski definition) is 0. The van der Waals surface area contributed by atoms with Gasteiger partial charge in [0.1, 0.15) is 12.4 Å². The minimum absolute atomic E-state index is 0.0187. The standard InChI is InChI=1S/C12H18N4O4/c1-9-6-14(7-10(2)20-9)12(17)3-4-15-8-11(5-13-15)16(18)19/h5,8-10H,3-4,6-7H2,1-2H3/t9-,10+. The van der Waals surface area contributed by atoms with Crippen molar-refractivity contribution >= 4 is 11.6 Å². The Morgan fingerprint density at radius 3 is 2.70 bits per heavy atom. The highest BCUT2D eigenvalue weighted by atomic mass is 16.6. The summed E-state index contributed by atoms with van der Waals surface area (Å²) >= 11 is 0. The summed E-state index contributed by atoms with van der Waals surface area (Å²) < 4.78 is 6.99. The normalized spacial score (nSPS) is 22.8. The molecule has 1 fully saturated rings. The van der Waals surface area contributed by atoms with Crippen LogP contribution in [0.5, 0.6) is 0 Å². The lowest BCUT2D eigenvalue weighted by molar-refractivity contribution is -0.385. The van der Waals surface area contributed by atoms with Crippen molar-refractivity contribution < 1.29 is 14.5 Å². The number of nitro groups is 1. The van der Waals surface area contributed by atoms with E-state index >= 15 is 0 Å². The zero-order chi connectivity index (χ0) is 14.7. The van der Waals surface area contributed by atoms with Gasteiger partial charge in [0.15, 0.2) is 0 Å². The van der Waals surface area contributed by atoms with Gasteiger partial charge >= 0.3 is 5.69 Å². The van der Waals surface area contributed by atoms with E-state index in [0.29, 0.717) is 19.6 Å². The van der Waals surface area contributed by atoms with Crippen LogP contribution in [0.25, 0.3) is 0 Å². The van der Waals surface area contributed by atoms with E-state index in [1.54, 1.807) is 4.90 Å². The molecule has 2 heterocycles. The molecule has 0 bridgehead atoms. The number of nitrogens with zero attached hydrogens (tertiary/aromatic N) is 4. The fourth-order valence-electron chi connectivity index (χ4n) is 2.32. The van der Waals surface area contributed by atoms with E-state index in [1.165, 1.54) is 17.1 Å². The van der Waals surface area contributed by atoms with Crippen molar-refractivity contribution in [1.29, 1.82) is 0 Å². The van der Waals surface area contributed by atoms with Crippen molar-refractivity contribution in [3.05, 3.63) is 22.5 Å². The van der Waals surface area contributed by atoms with Crippen LogP contribution in [-0.4, -0.2) is 50.8 Å². The Labute approximate surface area is 116 Å². The van der Waals surface area contributed by atoms with Gasteiger partial charge in [0, 0.05) is 26.1 Å². The average molecular weight is 282 g/mol. The molecule has 110 valence electrons. The molecule has 0 aliphatic carbocycles. The first kappa shape index (κ1) is 14.4. The molecular formula is C12H18N4O4. The second-order valence-electron chi connectivity index (χ2n) is 5.02. The predicted octanol–water partition coefficient (Wildman–Crippen LogP) is 0.817. The van der Waals surface area contributed by atoms with Gasteiger partial charge in [-0.3, -0.25) is 19.6 Å². The second kappa shape index (κ2) is 6.00. The van der Waals surface area contributed by atoms with Gasteiger partial charge in [-0.15, -0.1) is 0 Å². The van der Waals surface area contributed by atoms with E-state index < -0.39 is 4.92 Å². The lowest BCUT2D eigenvalue weighted by atomic mass is 10.2. The zero-order valence-electron chi connectivity index (χ0n) is 11.6. The lowest BCUT2D eigenvalue weighted by Gasteiger charge is -2.35. The van der Waals surface area contributed by atoms with Crippen LogP contribution in [0.1, 0.15) is 20.3 Å². The summed E-state index contributed by atoms with van der Waals surface area (Å²) in [6, 6.07) is 0. The smallest absolute Gasteiger partial charge is 0.306 e. The number of hydrogen-bond acceptors (Lipinski definition) is 5. The molecule has 8 nitrogen and oxygen atoms in total. The Hall–Kier alpha value is -1.96.